The molecule has 3 aromatic rings. The first-order chi connectivity index (χ1) is 15.7. The van der Waals surface area contributed by atoms with Crippen LogP contribution in [0.15, 0.2) is 29.4 Å². The molecule has 3 heterocycles. The highest BCUT2D eigenvalue weighted by molar-refractivity contribution is 7.98. The molecule has 34 heavy (non-hydrogen) atoms. The predicted molar refractivity (Wildman–Crippen MR) is 138 cm³/mol. The molecule has 0 unspecified atom stereocenters. The zero-order chi connectivity index (χ0) is 22.2. The summed E-state index contributed by atoms with van der Waals surface area (Å²) < 4.78 is 9.37. The van der Waals surface area contributed by atoms with Crippen molar-refractivity contribution in [1.82, 2.24) is 39.9 Å². The summed E-state index contributed by atoms with van der Waals surface area (Å²) in [7, 11) is 3.70. The van der Waals surface area contributed by atoms with E-state index in [9.17, 15) is 0 Å². The van der Waals surface area contributed by atoms with Gasteiger partial charge in [-0.3, -0.25) is 4.90 Å². The molecular formula is C21H33Cl2N9OS. The minimum atomic E-state index is 0. The molecular weight excluding hydrogens is 497 g/mol. The zero-order valence-electron chi connectivity index (χ0n) is 19.6. The summed E-state index contributed by atoms with van der Waals surface area (Å²) in [5.41, 5.74) is 1.32. The number of hydrogen-bond donors (Lipinski definition) is 1. The van der Waals surface area contributed by atoms with Crippen molar-refractivity contribution in [3.05, 3.63) is 35.7 Å². The standard InChI is InChI=1S/C21H31N9OS.2ClH/c1-28-20(23-19(25-28)16-32-21-24-26-27-29(21)2)22-10-7-13-31-18-9-6-8-17(14-18)15-30-11-4-3-5-12-30;;/h6,8-9,14H,3-5,7,10-13,15-16H2,1-2H3,(H,22,23,25);2*1H. The Morgan fingerprint density at radius 1 is 1.09 bits per heavy atom. The monoisotopic (exact) mass is 529 g/mol. The lowest BCUT2D eigenvalue weighted by atomic mass is 10.1. The lowest BCUT2D eigenvalue weighted by molar-refractivity contribution is 0.220. The Morgan fingerprint density at radius 3 is 2.68 bits per heavy atom. The normalized spacial score (nSPS) is 13.7. The van der Waals surface area contributed by atoms with Crippen LogP contribution in [0.25, 0.3) is 0 Å². The van der Waals surface area contributed by atoms with Gasteiger partial charge in [-0.25, -0.2) is 9.36 Å². The van der Waals surface area contributed by atoms with Crippen LogP contribution in [0, 0.1) is 0 Å². The van der Waals surface area contributed by atoms with Crippen LogP contribution in [0.5, 0.6) is 5.75 Å². The number of nitrogens with zero attached hydrogens (tertiary/aromatic N) is 8. The SMILES string of the molecule is Cl.Cl.Cn1nc(CSc2nnnn2C)nc1NCCCOc1cccc(CN2CCCCC2)c1. The summed E-state index contributed by atoms with van der Waals surface area (Å²) >= 11 is 1.51. The fraction of sp³-hybridized carbons (Fsp3) is 0.571. The van der Waals surface area contributed by atoms with E-state index in [4.69, 9.17) is 4.74 Å². The maximum Gasteiger partial charge on any atom is 0.221 e. The van der Waals surface area contributed by atoms with Crippen molar-refractivity contribution in [3.63, 3.8) is 0 Å². The number of tetrazole rings is 1. The number of likely N-dealkylation sites (tertiary alicyclic amines) is 1. The van der Waals surface area contributed by atoms with Gasteiger partial charge in [0.2, 0.25) is 11.1 Å². The quantitative estimate of drug-likeness (QED) is 0.296. The fourth-order valence-electron chi connectivity index (χ4n) is 3.70. The first-order valence-corrected chi connectivity index (χ1v) is 12.1. The van der Waals surface area contributed by atoms with Gasteiger partial charge in [0.25, 0.3) is 0 Å². The van der Waals surface area contributed by atoms with Gasteiger partial charge in [0, 0.05) is 27.2 Å². The van der Waals surface area contributed by atoms with Crippen molar-refractivity contribution < 1.29 is 4.74 Å². The Bertz CT molecular complexity index is 994. The van der Waals surface area contributed by atoms with Crippen LogP contribution in [0.4, 0.5) is 5.95 Å². The molecule has 0 radical (unpaired) electrons. The second-order valence-corrected chi connectivity index (χ2v) is 8.90. The minimum absolute atomic E-state index is 0. The number of aromatic nitrogens is 7. The topological polar surface area (TPSA) is 98.8 Å². The maximum atomic E-state index is 5.97. The van der Waals surface area contributed by atoms with Gasteiger partial charge in [-0.15, -0.1) is 29.9 Å². The summed E-state index contributed by atoms with van der Waals surface area (Å²) in [5.74, 6) is 3.04. The molecule has 1 aliphatic rings. The van der Waals surface area contributed by atoms with E-state index in [1.165, 1.54) is 49.7 Å². The van der Waals surface area contributed by atoms with Crippen molar-refractivity contribution >= 4 is 42.5 Å². The number of piperidine rings is 1. The molecule has 0 atom stereocenters. The molecule has 0 aliphatic carbocycles. The number of ether oxygens (including phenoxy) is 1. The first-order valence-electron chi connectivity index (χ1n) is 11.1. The maximum absolute atomic E-state index is 5.97. The molecule has 13 heteroatoms. The number of thioether (sulfide) groups is 1. The van der Waals surface area contributed by atoms with Crippen LogP contribution in [0.3, 0.4) is 0 Å². The average molecular weight is 531 g/mol. The second kappa shape index (κ2) is 14.3. The predicted octanol–water partition coefficient (Wildman–Crippen LogP) is 3.34. The average Bonchev–Trinajstić information content (AvgIpc) is 3.37. The van der Waals surface area contributed by atoms with E-state index in [0.717, 1.165) is 42.2 Å². The number of halogens is 2. The van der Waals surface area contributed by atoms with Crippen molar-refractivity contribution in [3.8, 4) is 5.75 Å². The molecule has 0 bridgehead atoms. The van der Waals surface area contributed by atoms with E-state index in [0.29, 0.717) is 12.4 Å². The number of aryl methyl sites for hydroxylation is 2. The highest BCUT2D eigenvalue weighted by Crippen LogP contribution is 2.19. The third kappa shape index (κ3) is 8.30. The highest BCUT2D eigenvalue weighted by Gasteiger charge is 2.11. The van der Waals surface area contributed by atoms with Gasteiger partial charge < -0.3 is 10.1 Å². The van der Waals surface area contributed by atoms with Gasteiger partial charge in [-0.2, -0.15) is 10.1 Å². The molecule has 188 valence electrons. The van der Waals surface area contributed by atoms with E-state index < -0.39 is 0 Å². The molecule has 1 fully saturated rings. The molecule has 0 spiro atoms. The smallest absolute Gasteiger partial charge is 0.221 e. The summed E-state index contributed by atoms with van der Waals surface area (Å²) in [4.78, 5) is 7.09. The van der Waals surface area contributed by atoms with E-state index in [2.05, 4.69) is 54.0 Å². The van der Waals surface area contributed by atoms with E-state index in [1.54, 1.807) is 9.36 Å². The van der Waals surface area contributed by atoms with E-state index in [1.807, 2.05) is 20.2 Å². The fourth-order valence-corrected chi connectivity index (χ4v) is 4.39. The van der Waals surface area contributed by atoms with Gasteiger partial charge in [0.15, 0.2) is 5.82 Å². The summed E-state index contributed by atoms with van der Waals surface area (Å²) in [6, 6.07) is 8.48. The Labute approximate surface area is 217 Å². The number of hydrogen-bond acceptors (Lipinski definition) is 9. The molecule has 2 aromatic heterocycles. The summed E-state index contributed by atoms with van der Waals surface area (Å²) in [6.45, 7) is 4.84. The molecule has 0 saturated carbocycles. The van der Waals surface area contributed by atoms with Crippen molar-refractivity contribution in [2.24, 2.45) is 14.1 Å². The number of rotatable bonds is 11. The third-order valence-electron chi connectivity index (χ3n) is 5.34. The van der Waals surface area contributed by atoms with Crippen LogP contribution in [-0.4, -0.2) is 66.1 Å². The number of nitrogens with one attached hydrogen (secondary N) is 1. The third-order valence-corrected chi connectivity index (χ3v) is 6.35. The molecule has 1 aliphatic heterocycles. The Balaban J connectivity index is 0.00000204. The molecule has 1 saturated heterocycles. The number of anilines is 1. The lowest BCUT2D eigenvalue weighted by Crippen LogP contribution is -2.29. The van der Waals surface area contributed by atoms with Gasteiger partial charge in [0.1, 0.15) is 5.75 Å². The molecule has 4 rings (SSSR count). The Hall–Kier alpha value is -2.08. The van der Waals surface area contributed by atoms with Gasteiger partial charge in [-0.05, 0) is 60.5 Å². The molecule has 0 amide bonds. The largest absolute Gasteiger partial charge is 0.494 e. The highest BCUT2D eigenvalue weighted by atomic mass is 35.5. The lowest BCUT2D eigenvalue weighted by Gasteiger charge is -2.26. The summed E-state index contributed by atoms with van der Waals surface area (Å²) in [6.07, 6.45) is 4.86. The van der Waals surface area contributed by atoms with Gasteiger partial charge in [-0.1, -0.05) is 30.3 Å². The first kappa shape index (κ1) is 28.2. The van der Waals surface area contributed by atoms with Gasteiger partial charge in [0.05, 0.1) is 12.4 Å². The minimum Gasteiger partial charge on any atom is -0.494 e. The van der Waals surface area contributed by atoms with Crippen LogP contribution in [-0.2, 0) is 26.4 Å². The summed E-state index contributed by atoms with van der Waals surface area (Å²) in [5, 5.41) is 20.0. The molecule has 1 N–H and O–H groups in total. The van der Waals surface area contributed by atoms with Crippen LogP contribution >= 0.6 is 36.6 Å². The van der Waals surface area contributed by atoms with Crippen LogP contribution in [0.1, 0.15) is 37.1 Å². The molecule has 1 aromatic carbocycles. The molecule has 10 nitrogen and oxygen atoms in total. The van der Waals surface area contributed by atoms with Crippen molar-refractivity contribution in [1.29, 1.82) is 0 Å². The second-order valence-electron chi connectivity index (χ2n) is 7.96. The van der Waals surface area contributed by atoms with Crippen molar-refractivity contribution in [2.75, 3.05) is 31.6 Å². The Kier molecular flexibility index (Phi) is 11.9. The van der Waals surface area contributed by atoms with Crippen molar-refractivity contribution in [2.45, 2.75) is 43.1 Å². The van der Waals surface area contributed by atoms with Crippen LogP contribution in [0.2, 0.25) is 0 Å². The number of benzene rings is 1. The van der Waals surface area contributed by atoms with Crippen LogP contribution < -0.4 is 10.1 Å². The Morgan fingerprint density at radius 2 is 1.91 bits per heavy atom. The van der Waals surface area contributed by atoms with Gasteiger partial charge >= 0.3 is 0 Å². The zero-order valence-corrected chi connectivity index (χ0v) is 22.0. The van der Waals surface area contributed by atoms with E-state index in [-0.39, 0.29) is 24.8 Å². The van der Waals surface area contributed by atoms with E-state index >= 15 is 0 Å².